The highest BCUT2D eigenvalue weighted by molar-refractivity contribution is 5.84. The topological polar surface area (TPSA) is 29.1 Å². The Hall–Kier alpha value is -0.810. The SMILES string of the molecule is C#CCC(=O)C1CCNC1C. The van der Waals surface area contributed by atoms with E-state index in [0.717, 1.165) is 13.0 Å². The van der Waals surface area contributed by atoms with E-state index >= 15 is 0 Å². The number of rotatable bonds is 2. The lowest BCUT2D eigenvalue weighted by atomic mass is 9.95. The maximum atomic E-state index is 11.3. The first-order valence-corrected chi connectivity index (χ1v) is 3.95. The first-order chi connectivity index (χ1) is 5.25. The fraction of sp³-hybridized carbons (Fsp3) is 0.667. The van der Waals surface area contributed by atoms with Crippen LogP contribution in [0.15, 0.2) is 0 Å². The van der Waals surface area contributed by atoms with E-state index in [4.69, 9.17) is 6.42 Å². The van der Waals surface area contributed by atoms with Crippen LogP contribution in [0.3, 0.4) is 0 Å². The highest BCUT2D eigenvalue weighted by Crippen LogP contribution is 2.16. The van der Waals surface area contributed by atoms with E-state index in [9.17, 15) is 4.79 Å². The molecule has 1 aliphatic rings. The van der Waals surface area contributed by atoms with Crippen LogP contribution in [0.5, 0.6) is 0 Å². The van der Waals surface area contributed by atoms with Gasteiger partial charge >= 0.3 is 0 Å². The van der Waals surface area contributed by atoms with Crippen LogP contribution >= 0.6 is 0 Å². The molecule has 1 fully saturated rings. The Morgan fingerprint density at radius 3 is 3.00 bits per heavy atom. The minimum atomic E-state index is 0.158. The molecule has 0 saturated carbocycles. The first kappa shape index (κ1) is 8.29. The number of Topliss-reactive ketones (excluding diaryl/α,β-unsaturated/α-hetero) is 1. The van der Waals surface area contributed by atoms with Crippen LogP contribution < -0.4 is 5.32 Å². The molecule has 0 bridgehead atoms. The van der Waals surface area contributed by atoms with Crippen molar-refractivity contribution in [3.05, 3.63) is 0 Å². The standard InChI is InChI=1S/C9H13NO/c1-3-4-9(11)8-5-6-10-7(8)2/h1,7-8,10H,4-6H2,2H3. The van der Waals surface area contributed by atoms with Gasteiger partial charge in [-0.3, -0.25) is 4.79 Å². The number of nitrogens with one attached hydrogen (secondary N) is 1. The average Bonchev–Trinajstić information content (AvgIpc) is 2.36. The highest BCUT2D eigenvalue weighted by Gasteiger charge is 2.28. The van der Waals surface area contributed by atoms with Crippen LogP contribution in [0.1, 0.15) is 19.8 Å². The molecule has 1 N–H and O–H groups in total. The molecule has 1 rings (SSSR count). The van der Waals surface area contributed by atoms with Crippen LogP contribution in [0.2, 0.25) is 0 Å². The van der Waals surface area contributed by atoms with Crippen LogP contribution in [0, 0.1) is 18.3 Å². The van der Waals surface area contributed by atoms with Gasteiger partial charge in [0.15, 0.2) is 0 Å². The lowest BCUT2D eigenvalue weighted by molar-refractivity contribution is -0.121. The summed E-state index contributed by atoms with van der Waals surface area (Å²) in [6.45, 7) is 2.98. The van der Waals surface area contributed by atoms with Gasteiger partial charge in [-0.2, -0.15) is 0 Å². The zero-order chi connectivity index (χ0) is 8.27. The van der Waals surface area contributed by atoms with E-state index in [-0.39, 0.29) is 18.1 Å². The van der Waals surface area contributed by atoms with Gasteiger partial charge in [0, 0.05) is 12.0 Å². The minimum Gasteiger partial charge on any atom is -0.314 e. The van der Waals surface area contributed by atoms with Gasteiger partial charge in [0.05, 0.1) is 6.42 Å². The summed E-state index contributed by atoms with van der Waals surface area (Å²) in [5.41, 5.74) is 0. The Morgan fingerprint density at radius 1 is 1.82 bits per heavy atom. The number of ketones is 1. The minimum absolute atomic E-state index is 0.158. The zero-order valence-electron chi connectivity index (χ0n) is 6.76. The number of hydrogen-bond acceptors (Lipinski definition) is 2. The van der Waals surface area contributed by atoms with Gasteiger partial charge in [0.1, 0.15) is 5.78 Å². The van der Waals surface area contributed by atoms with Gasteiger partial charge in [-0.15, -0.1) is 6.42 Å². The number of hydrogen-bond donors (Lipinski definition) is 1. The fourth-order valence-corrected chi connectivity index (χ4v) is 1.53. The monoisotopic (exact) mass is 151 g/mol. The predicted molar refractivity (Wildman–Crippen MR) is 44.0 cm³/mol. The molecule has 0 amide bonds. The van der Waals surface area contributed by atoms with Crippen molar-refractivity contribution >= 4 is 5.78 Å². The van der Waals surface area contributed by atoms with Crippen LogP contribution in [0.4, 0.5) is 0 Å². The lowest BCUT2D eigenvalue weighted by Crippen LogP contribution is -2.27. The van der Waals surface area contributed by atoms with E-state index in [1.165, 1.54) is 0 Å². The van der Waals surface area contributed by atoms with E-state index in [0.29, 0.717) is 6.04 Å². The average molecular weight is 151 g/mol. The molecule has 1 heterocycles. The molecule has 2 heteroatoms. The van der Waals surface area contributed by atoms with Gasteiger partial charge < -0.3 is 5.32 Å². The van der Waals surface area contributed by atoms with Gasteiger partial charge in [0.2, 0.25) is 0 Å². The van der Waals surface area contributed by atoms with Crippen molar-refractivity contribution in [2.24, 2.45) is 5.92 Å². The Labute approximate surface area is 67.4 Å². The van der Waals surface area contributed by atoms with E-state index in [1.54, 1.807) is 0 Å². The van der Waals surface area contributed by atoms with Crippen LogP contribution in [-0.2, 0) is 4.79 Å². The highest BCUT2D eigenvalue weighted by atomic mass is 16.1. The molecule has 2 unspecified atom stereocenters. The van der Waals surface area contributed by atoms with Crippen molar-refractivity contribution in [2.75, 3.05) is 6.54 Å². The number of carbonyl (C=O) groups is 1. The summed E-state index contributed by atoms with van der Waals surface area (Å²) in [6.07, 6.45) is 6.29. The summed E-state index contributed by atoms with van der Waals surface area (Å²) in [7, 11) is 0. The third-order valence-electron chi connectivity index (χ3n) is 2.22. The fourth-order valence-electron chi connectivity index (χ4n) is 1.53. The number of terminal acetylenes is 1. The third kappa shape index (κ3) is 1.81. The number of carbonyl (C=O) groups excluding carboxylic acids is 1. The molecule has 1 saturated heterocycles. The van der Waals surface area contributed by atoms with Gasteiger partial charge in [-0.05, 0) is 19.9 Å². The largest absolute Gasteiger partial charge is 0.314 e. The van der Waals surface area contributed by atoms with Crippen LogP contribution in [0.25, 0.3) is 0 Å². The third-order valence-corrected chi connectivity index (χ3v) is 2.22. The van der Waals surface area contributed by atoms with Crippen molar-refractivity contribution in [3.63, 3.8) is 0 Å². The first-order valence-electron chi connectivity index (χ1n) is 3.95. The molecule has 0 radical (unpaired) electrons. The molecule has 0 spiro atoms. The van der Waals surface area contributed by atoms with Gasteiger partial charge in [0.25, 0.3) is 0 Å². The van der Waals surface area contributed by atoms with E-state index in [1.807, 2.05) is 6.92 Å². The molecule has 2 atom stereocenters. The molecule has 0 aromatic carbocycles. The Bertz CT molecular complexity index is 192. The van der Waals surface area contributed by atoms with Crippen molar-refractivity contribution in [1.82, 2.24) is 5.32 Å². The van der Waals surface area contributed by atoms with Gasteiger partial charge in [-0.1, -0.05) is 5.92 Å². The summed E-state index contributed by atoms with van der Waals surface area (Å²) in [6, 6.07) is 0.316. The quantitative estimate of drug-likeness (QED) is 0.585. The summed E-state index contributed by atoms with van der Waals surface area (Å²) in [5, 5.41) is 3.22. The molecule has 0 aromatic rings. The Morgan fingerprint density at radius 2 is 2.55 bits per heavy atom. The molecular weight excluding hydrogens is 138 g/mol. The van der Waals surface area contributed by atoms with Crippen LogP contribution in [-0.4, -0.2) is 18.4 Å². The molecular formula is C9H13NO. The molecule has 11 heavy (non-hydrogen) atoms. The molecule has 0 aromatic heterocycles. The lowest BCUT2D eigenvalue weighted by Gasteiger charge is -2.11. The normalized spacial score (nSPS) is 29.8. The second kappa shape index (κ2) is 3.54. The maximum Gasteiger partial charge on any atom is 0.149 e. The summed E-state index contributed by atoms with van der Waals surface area (Å²) >= 11 is 0. The zero-order valence-corrected chi connectivity index (χ0v) is 6.76. The second-order valence-electron chi connectivity index (χ2n) is 2.99. The molecule has 0 aliphatic carbocycles. The van der Waals surface area contributed by atoms with E-state index < -0.39 is 0 Å². The molecule has 1 aliphatic heterocycles. The van der Waals surface area contributed by atoms with E-state index in [2.05, 4.69) is 11.2 Å². The summed E-state index contributed by atoms with van der Waals surface area (Å²) in [5.74, 6) is 2.76. The van der Waals surface area contributed by atoms with Crippen molar-refractivity contribution in [2.45, 2.75) is 25.8 Å². The Kier molecular flexibility index (Phi) is 2.67. The smallest absolute Gasteiger partial charge is 0.149 e. The summed E-state index contributed by atoms with van der Waals surface area (Å²) < 4.78 is 0. The van der Waals surface area contributed by atoms with Crippen molar-refractivity contribution in [1.29, 1.82) is 0 Å². The second-order valence-corrected chi connectivity index (χ2v) is 2.99. The Balaban J connectivity index is 2.47. The maximum absolute atomic E-state index is 11.3. The molecule has 2 nitrogen and oxygen atoms in total. The van der Waals surface area contributed by atoms with Gasteiger partial charge in [-0.25, -0.2) is 0 Å². The predicted octanol–water partition coefficient (Wildman–Crippen LogP) is 0.577. The van der Waals surface area contributed by atoms with Crippen molar-refractivity contribution < 1.29 is 4.79 Å². The van der Waals surface area contributed by atoms with Crippen molar-refractivity contribution in [3.8, 4) is 12.3 Å². The molecule has 60 valence electrons. The summed E-state index contributed by atoms with van der Waals surface area (Å²) in [4.78, 5) is 11.3.